The first-order valence-electron chi connectivity index (χ1n) is 8.30. The Labute approximate surface area is 123 Å². The molecule has 0 spiro atoms. The van der Waals surface area contributed by atoms with Gasteiger partial charge in [-0.05, 0) is 31.6 Å². The highest BCUT2D eigenvalue weighted by atomic mass is 16.7. The standard InChI is InChI=1S/C16H30N2O2/c1-12(13(2)17)16(19)20-18-10-14-8-6-4-3-5-7-9-15(14)11-18/h12-15H,3-11,17H2,1-2H3. The molecule has 1 saturated carbocycles. The average Bonchev–Trinajstić information content (AvgIpc) is 2.81. The highest BCUT2D eigenvalue weighted by molar-refractivity contribution is 5.72. The normalized spacial score (nSPS) is 31.6. The van der Waals surface area contributed by atoms with Gasteiger partial charge in [0.05, 0.1) is 5.92 Å². The molecule has 20 heavy (non-hydrogen) atoms. The van der Waals surface area contributed by atoms with E-state index in [2.05, 4.69) is 0 Å². The van der Waals surface area contributed by atoms with Gasteiger partial charge < -0.3 is 10.6 Å². The summed E-state index contributed by atoms with van der Waals surface area (Å²) in [6.45, 7) is 5.54. The Morgan fingerprint density at radius 2 is 1.55 bits per heavy atom. The molecule has 0 radical (unpaired) electrons. The molecule has 2 rings (SSSR count). The van der Waals surface area contributed by atoms with Crippen LogP contribution in [0.1, 0.15) is 58.8 Å². The molecule has 0 bridgehead atoms. The molecule has 1 heterocycles. The molecule has 0 amide bonds. The molecule has 2 aliphatic rings. The molecule has 4 nitrogen and oxygen atoms in total. The lowest BCUT2D eigenvalue weighted by Crippen LogP contribution is -2.36. The van der Waals surface area contributed by atoms with Crippen molar-refractivity contribution in [3.63, 3.8) is 0 Å². The van der Waals surface area contributed by atoms with E-state index in [-0.39, 0.29) is 17.9 Å². The van der Waals surface area contributed by atoms with Crippen molar-refractivity contribution in [2.24, 2.45) is 23.5 Å². The van der Waals surface area contributed by atoms with Crippen LogP contribution in [0.15, 0.2) is 0 Å². The van der Waals surface area contributed by atoms with Crippen molar-refractivity contribution in [2.45, 2.75) is 64.8 Å². The van der Waals surface area contributed by atoms with Crippen molar-refractivity contribution in [2.75, 3.05) is 13.1 Å². The van der Waals surface area contributed by atoms with Crippen molar-refractivity contribution in [3.05, 3.63) is 0 Å². The second kappa shape index (κ2) is 7.41. The number of rotatable bonds is 3. The van der Waals surface area contributed by atoms with Crippen LogP contribution in [0, 0.1) is 17.8 Å². The quantitative estimate of drug-likeness (QED) is 0.864. The molecule has 116 valence electrons. The lowest BCUT2D eigenvalue weighted by Gasteiger charge is -2.20. The van der Waals surface area contributed by atoms with Crippen LogP contribution in [-0.2, 0) is 9.63 Å². The zero-order valence-electron chi connectivity index (χ0n) is 13.0. The summed E-state index contributed by atoms with van der Waals surface area (Å²) in [7, 11) is 0. The van der Waals surface area contributed by atoms with Crippen LogP contribution in [0.25, 0.3) is 0 Å². The molecule has 2 fully saturated rings. The van der Waals surface area contributed by atoms with Gasteiger partial charge in [-0.2, -0.15) is 0 Å². The number of hydrogen-bond acceptors (Lipinski definition) is 4. The molecule has 4 heteroatoms. The maximum absolute atomic E-state index is 12.0. The van der Waals surface area contributed by atoms with Crippen LogP contribution in [0.2, 0.25) is 0 Å². The molecule has 1 aliphatic heterocycles. The van der Waals surface area contributed by atoms with E-state index in [4.69, 9.17) is 10.6 Å². The third kappa shape index (κ3) is 4.19. The van der Waals surface area contributed by atoms with Crippen molar-refractivity contribution >= 4 is 5.97 Å². The molecular formula is C16H30N2O2. The minimum Gasteiger partial charge on any atom is -0.368 e. The second-order valence-corrected chi connectivity index (χ2v) is 6.77. The van der Waals surface area contributed by atoms with E-state index >= 15 is 0 Å². The summed E-state index contributed by atoms with van der Waals surface area (Å²) < 4.78 is 0. The van der Waals surface area contributed by atoms with E-state index < -0.39 is 0 Å². The lowest BCUT2D eigenvalue weighted by molar-refractivity contribution is -0.191. The topological polar surface area (TPSA) is 55.6 Å². The number of nitrogens with two attached hydrogens (primary N) is 1. The fraction of sp³-hybridized carbons (Fsp3) is 0.938. The SMILES string of the molecule is CC(N)C(C)C(=O)ON1CC2CCCCCCCC2C1. The summed E-state index contributed by atoms with van der Waals surface area (Å²) in [5, 5.41) is 1.90. The maximum atomic E-state index is 12.0. The van der Waals surface area contributed by atoms with Gasteiger partial charge in [-0.3, -0.25) is 4.79 Å². The van der Waals surface area contributed by atoms with Crippen LogP contribution < -0.4 is 5.73 Å². The predicted molar refractivity (Wildman–Crippen MR) is 79.8 cm³/mol. The minimum absolute atomic E-state index is 0.151. The molecule has 1 saturated heterocycles. The van der Waals surface area contributed by atoms with Gasteiger partial charge in [-0.15, -0.1) is 5.06 Å². The van der Waals surface area contributed by atoms with Crippen molar-refractivity contribution in [1.82, 2.24) is 5.06 Å². The van der Waals surface area contributed by atoms with Crippen molar-refractivity contribution < 1.29 is 9.63 Å². The van der Waals surface area contributed by atoms with Gasteiger partial charge in [0.15, 0.2) is 0 Å². The van der Waals surface area contributed by atoms with Crippen LogP contribution in [0.3, 0.4) is 0 Å². The highest BCUT2D eigenvalue weighted by Crippen LogP contribution is 2.33. The van der Waals surface area contributed by atoms with Gasteiger partial charge in [0.25, 0.3) is 0 Å². The Kier molecular flexibility index (Phi) is 5.85. The first-order valence-corrected chi connectivity index (χ1v) is 8.30. The Balaban J connectivity index is 1.85. The smallest absolute Gasteiger partial charge is 0.329 e. The summed E-state index contributed by atoms with van der Waals surface area (Å²) >= 11 is 0. The van der Waals surface area contributed by atoms with Gasteiger partial charge >= 0.3 is 5.97 Å². The molecule has 4 atom stereocenters. The predicted octanol–water partition coefficient (Wildman–Crippen LogP) is 2.72. The van der Waals surface area contributed by atoms with Gasteiger partial charge in [-0.25, -0.2) is 0 Å². The second-order valence-electron chi connectivity index (χ2n) is 6.77. The maximum Gasteiger partial charge on any atom is 0.329 e. The van der Waals surface area contributed by atoms with E-state index in [0.717, 1.165) is 13.1 Å². The Bertz CT molecular complexity index is 304. The first kappa shape index (κ1) is 15.8. The molecule has 0 aromatic rings. The van der Waals surface area contributed by atoms with E-state index in [1.165, 1.54) is 44.9 Å². The largest absolute Gasteiger partial charge is 0.368 e. The average molecular weight is 282 g/mol. The Morgan fingerprint density at radius 1 is 1.05 bits per heavy atom. The Morgan fingerprint density at radius 3 is 2.05 bits per heavy atom. The summed E-state index contributed by atoms with van der Waals surface area (Å²) in [6, 6.07) is -0.151. The number of hydrogen-bond donors (Lipinski definition) is 1. The summed E-state index contributed by atoms with van der Waals surface area (Å²) in [5.74, 6) is 1.02. The van der Waals surface area contributed by atoms with E-state index in [1.54, 1.807) is 0 Å². The fourth-order valence-electron chi connectivity index (χ4n) is 3.39. The number of nitrogens with zero attached hydrogens (tertiary/aromatic N) is 1. The zero-order chi connectivity index (χ0) is 14.5. The van der Waals surface area contributed by atoms with Crippen molar-refractivity contribution in [3.8, 4) is 0 Å². The zero-order valence-corrected chi connectivity index (χ0v) is 13.0. The first-order chi connectivity index (χ1) is 9.58. The molecule has 2 N–H and O–H groups in total. The van der Waals surface area contributed by atoms with Gasteiger partial charge in [0.1, 0.15) is 0 Å². The van der Waals surface area contributed by atoms with Crippen LogP contribution in [0.4, 0.5) is 0 Å². The minimum atomic E-state index is -0.230. The highest BCUT2D eigenvalue weighted by Gasteiger charge is 2.35. The third-order valence-electron chi connectivity index (χ3n) is 5.07. The van der Waals surface area contributed by atoms with Crippen LogP contribution in [-0.4, -0.2) is 30.2 Å². The van der Waals surface area contributed by atoms with Gasteiger partial charge in [0.2, 0.25) is 0 Å². The Hall–Kier alpha value is -0.610. The molecule has 4 unspecified atom stereocenters. The monoisotopic (exact) mass is 282 g/mol. The number of fused-ring (bicyclic) bond motifs is 1. The van der Waals surface area contributed by atoms with E-state index in [0.29, 0.717) is 11.8 Å². The van der Waals surface area contributed by atoms with Crippen LogP contribution in [0.5, 0.6) is 0 Å². The molecule has 0 aromatic carbocycles. The van der Waals surface area contributed by atoms with Crippen molar-refractivity contribution in [1.29, 1.82) is 0 Å². The summed E-state index contributed by atoms with van der Waals surface area (Å²) in [4.78, 5) is 17.5. The molecular weight excluding hydrogens is 252 g/mol. The van der Waals surface area contributed by atoms with Crippen LogP contribution >= 0.6 is 0 Å². The number of hydroxylamine groups is 2. The number of carbonyl (C=O) groups is 1. The van der Waals surface area contributed by atoms with Gasteiger partial charge in [-0.1, -0.05) is 39.0 Å². The summed E-state index contributed by atoms with van der Waals surface area (Å²) in [6.07, 6.45) is 9.38. The lowest BCUT2D eigenvalue weighted by atomic mass is 9.89. The van der Waals surface area contributed by atoms with Gasteiger partial charge in [0, 0.05) is 19.1 Å². The fourth-order valence-corrected chi connectivity index (χ4v) is 3.39. The summed E-state index contributed by atoms with van der Waals surface area (Å²) in [5.41, 5.74) is 5.77. The van der Waals surface area contributed by atoms with E-state index in [9.17, 15) is 4.79 Å². The van der Waals surface area contributed by atoms with E-state index in [1.807, 2.05) is 18.9 Å². The third-order valence-corrected chi connectivity index (χ3v) is 5.07. The molecule has 0 aromatic heterocycles. The molecule has 1 aliphatic carbocycles. The number of carbonyl (C=O) groups excluding carboxylic acids is 1.